The first-order valence-electron chi connectivity index (χ1n) is 6.33. The lowest BCUT2D eigenvalue weighted by atomic mass is 10.1. The van der Waals surface area contributed by atoms with Gasteiger partial charge in [-0.15, -0.1) is 0 Å². The molecule has 2 N–H and O–H groups in total. The Morgan fingerprint density at radius 1 is 1.25 bits per heavy atom. The van der Waals surface area contributed by atoms with E-state index < -0.39 is 6.10 Å². The number of aliphatic hydroxyl groups excluding tert-OH is 1. The monoisotopic (exact) mass is 289 g/mol. The van der Waals surface area contributed by atoms with Crippen LogP contribution in [-0.2, 0) is 0 Å². The number of halogens is 1. The molecule has 0 aromatic heterocycles. The maximum absolute atomic E-state index is 12.1. The number of aryl methyl sites for hydroxylation is 1. The molecule has 0 fully saturated rings. The van der Waals surface area contributed by atoms with Crippen LogP contribution in [0, 0.1) is 6.92 Å². The number of carbonyl (C=O) groups excluding carboxylic acids is 1. The van der Waals surface area contributed by atoms with E-state index in [1.165, 1.54) is 0 Å². The van der Waals surface area contributed by atoms with Gasteiger partial charge in [0.05, 0.1) is 6.10 Å². The molecular weight excluding hydrogens is 274 g/mol. The Balaban J connectivity index is 2.19. The van der Waals surface area contributed by atoms with Gasteiger partial charge in [-0.05, 0) is 49.2 Å². The SMILES string of the molecule is Cc1ccc(C(=O)Nc2cccc(C(C)O)c2)cc1Cl. The highest BCUT2D eigenvalue weighted by atomic mass is 35.5. The zero-order valence-corrected chi connectivity index (χ0v) is 12.1. The number of aliphatic hydroxyl groups is 1. The second-order valence-corrected chi connectivity index (χ2v) is 5.13. The van der Waals surface area contributed by atoms with Gasteiger partial charge in [0.1, 0.15) is 0 Å². The van der Waals surface area contributed by atoms with E-state index in [9.17, 15) is 9.90 Å². The van der Waals surface area contributed by atoms with E-state index in [2.05, 4.69) is 5.32 Å². The molecule has 4 heteroatoms. The van der Waals surface area contributed by atoms with E-state index in [4.69, 9.17) is 11.6 Å². The van der Waals surface area contributed by atoms with Crippen molar-refractivity contribution < 1.29 is 9.90 Å². The second kappa shape index (κ2) is 6.07. The highest BCUT2D eigenvalue weighted by Gasteiger charge is 2.09. The highest BCUT2D eigenvalue weighted by Crippen LogP contribution is 2.20. The minimum atomic E-state index is -0.569. The predicted octanol–water partition coefficient (Wildman–Crippen LogP) is 3.95. The molecule has 0 saturated carbocycles. The molecule has 1 unspecified atom stereocenters. The number of rotatable bonds is 3. The van der Waals surface area contributed by atoms with Gasteiger partial charge in [-0.1, -0.05) is 29.8 Å². The zero-order chi connectivity index (χ0) is 14.7. The predicted molar refractivity (Wildman–Crippen MR) is 81.2 cm³/mol. The normalized spacial score (nSPS) is 12.0. The van der Waals surface area contributed by atoms with Gasteiger partial charge in [-0.3, -0.25) is 4.79 Å². The Labute approximate surface area is 123 Å². The second-order valence-electron chi connectivity index (χ2n) is 4.72. The molecule has 0 bridgehead atoms. The van der Waals surface area contributed by atoms with Crippen LogP contribution in [0.1, 0.15) is 34.5 Å². The van der Waals surface area contributed by atoms with Crippen molar-refractivity contribution in [1.82, 2.24) is 0 Å². The third-order valence-corrected chi connectivity index (χ3v) is 3.47. The van der Waals surface area contributed by atoms with Gasteiger partial charge < -0.3 is 10.4 Å². The fraction of sp³-hybridized carbons (Fsp3) is 0.188. The summed E-state index contributed by atoms with van der Waals surface area (Å²) in [5.41, 5.74) is 2.83. The van der Waals surface area contributed by atoms with E-state index >= 15 is 0 Å². The average molecular weight is 290 g/mol. The standard InChI is InChI=1S/C16H16ClNO2/c1-10-6-7-13(9-15(10)17)16(20)18-14-5-3-4-12(8-14)11(2)19/h3-9,11,19H,1-2H3,(H,18,20). The average Bonchev–Trinajstić information content (AvgIpc) is 2.42. The summed E-state index contributed by atoms with van der Waals surface area (Å²) in [6, 6.07) is 12.3. The number of hydrogen-bond donors (Lipinski definition) is 2. The third-order valence-electron chi connectivity index (χ3n) is 3.06. The van der Waals surface area contributed by atoms with Gasteiger partial charge >= 0.3 is 0 Å². The Kier molecular flexibility index (Phi) is 4.42. The van der Waals surface area contributed by atoms with Gasteiger partial charge in [0, 0.05) is 16.3 Å². The molecule has 2 aromatic carbocycles. The van der Waals surface area contributed by atoms with E-state index in [-0.39, 0.29) is 5.91 Å². The van der Waals surface area contributed by atoms with Gasteiger partial charge in [0.2, 0.25) is 0 Å². The maximum Gasteiger partial charge on any atom is 0.255 e. The number of anilines is 1. The summed E-state index contributed by atoms with van der Waals surface area (Å²) in [5, 5.41) is 12.9. The van der Waals surface area contributed by atoms with Crippen molar-refractivity contribution >= 4 is 23.2 Å². The number of hydrogen-bond acceptors (Lipinski definition) is 2. The van der Waals surface area contributed by atoms with Gasteiger partial charge in [0.15, 0.2) is 0 Å². The molecule has 0 spiro atoms. The number of carbonyl (C=O) groups is 1. The Morgan fingerprint density at radius 2 is 2.00 bits per heavy atom. The van der Waals surface area contributed by atoms with Crippen molar-refractivity contribution in [2.24, 2.45) is 0 Å². The van der Waals surface area contributed by atoms with Crippen LogP contribution in [-0.4, -0.2) is 11.0 Å². The summed E-state index contributed by atoms with van der Waals surface area (Å²) in [6.07, 6.45) is -0.569. The van der Waals surface area contributed by atoms with Gasteiger partial charge in [0.25, 0.3) is 5.91 Å². The minimum Gasteiger partial charge on any atom is -0.389 e. The van der Waals surface area contributed by atoms with E-state index in [1.54, 1.807) is 37.3 Å². The van der Waals surface area contributed by atoms with Crippen LogP contribution < -0.4 is 5.32 Å². The zero-order valence-electron chi connectivity index (χ0n) is 11.4. The van der Waals surface area contributed by atoms with Crippen LogP contribution in [0.2, 0.25) is 5.02 Å². The van der Waals surface area contributed by atoms with Crippen LogP contribution in [0.3, 0.4) is 0 Å². The molecule has 0 aliphatic rings. The summed E-state index contributed by atoms with van der Waals surface area (Å²) in [5.74, 6) is -0.227. The summed E-state index contributed by atoms with van der Waals surface area (Å²) in [4.78, 5) is 12.1. The maximum atomic E-state index is 12.1. The van der Waals surface area contributed by atoms with Gasteiger partial charge in [-0.2, -0.15) is 0 Å². The van der Waals surface area contributed by atoms with Crippen LogP contribution >= 0.6 is 11.6 Å². The van der Waals surface area contributed by atoms with E-state index in [0.717, 1.165) is 11.1 Å². The van der Waals surface area contributed by atoms with E-state index in [1.807, 2.05) is 19.1 Å². The molecule has 20 heavy (non-hydrogen) atoms. The van der Waals surface area contributed by atoms with Crippen molar-refractivity contribution in [2.75, 3.05) is 5.32 Å². The Bertz CT molecular complexity index is 638. The number of benzene rings is 2. The molecule has 0 saturated heterocycles. The molecule has 104 valence electrons. The molecule has 0 aliphatic heterocycles. The number of nitrogens with one attached hydrogen (secondary N) is 1. The van der Waals surface area contributed by atoms with Crippen LogP contribution in [0.5, 0.6) is 0 Å². The fourth-order valence-electron chi connectivity index (χ4n) is 1.81. The fourth-order valence-corrected chi connectivity index (χ4v) is 1.99. The summed E-state index contributed by atoms with van der Waals surface area (Å²) in [6.45, 7) is 3.57. The summed E-state index contributed by atoms with van der Waals surface area (Å²) >= 11 is 6.01. The first kappa shape index (κ1) is 14.6. The van der Waals surface area contributed by atoms with E-state index in [0.29, 0.717) is 16.3 Å². The smallest absolute Gasteiger partial charge is 0.255 e. The largest absolute Gasteiger partial charge is 0.389 e. The Hall–Kier alpha value is -1.84. The van der Waals surface area contributed by atoms with Crippen molar-refractivity contribution in [3.8, 4) is 0 Å². The summed E-state index contributed by atoms with van der Waals surface area (Å²) in [7, 11) is 0. The molecule has 0 radical (unpaired) electrons. The quantitative estimate of drug-likeness (QED) is 0.899. The number of amides is 1. The molecule has 2 aromatic rings. The van der Waals surface area contributed by atoms with Crippen molar-refractivity contribution in [3.63, 3.8) is 0 Å². The molecular formula is C16H16ClNO2. The third kappa shape index (κ3) is 3.38. The summed E-state index contributed by atoms with van der Waals surface area (Å²) < 4.78 is 0. The molecule has 1 atom stereocenters. The van der Waals surface area contributed by atoms with Crippen LogP contribution in [0.15, 0.2) is 42.5 Å². The van der Waals surface area contributed by atoms with Crippen LogP contribution in [0.4, 0.5) is 5.69 Å². The molecule has 0 aliphatic carbocycles. The molecule has 3 nitrogen and oxygen atoms in total. The molecule has 2 rings (SSSR count). The first-order valence-corrected chi connectivity index (χ1v) is 6.70. The highest BCUT2D eigenvalue weighted by molar-refractivity contribution is 6.31. The minimum absolute atomic E-state index is 0.227. The van der Waals surface area contributed by atoms with Crippen molar-refractivity contribution in [3.05, 3.63) is 64.2 Å². The first-order chi connectivity index (χ1) is 9.47. The van der Waals surface area contributed by atoms with Crippen molar-refractivity contribution in [1.29, 1.82) is 0 Å². The lowest BCUT2D eigenvalue weighted by molar-refractivity contribution is 0.102. The van der Waals surface area contributed by atoms with Crippen LogP contribution in [0.25, 0.3) is 0 Å². The Morgan fingerprint density at radius 3 is 2.65 bits per heavy atom. The lowest BCUT2D eigenvalue weighted by Gasteiger charge is -2.09. The molecule has 0 heterocycles. The topological polar surface area (TPSA) is 49.3 Å². The molecule has 1 amide bonds. The lowest BCUT2D eigenvalue weighted by Crippen LogP contribution is -2.12. The van der Waals surface area contributed by atoms with Gasteiger partial charge in [-0.25, -0.2) is 0 Å². The van der Waals surface area contributed by atoms with Crippen molar-refractivity contribution in [2.45, 2.75) is 20.0 Å².